The summed E-state index contributed by atoms with van der Waals surface area (Å²) in [5.74, 6) is 1.32. The molecule has 11 nitrogen and oxygen atoms in total. The molecule has 4 heterocycles. The molecule has 0 bridgehead atoms. The summed E-state index contributed by atoms with van der Waals surface area (Å²) in [5.41, 5.74) is 2.28. The number of ether oxygens (including phenoxy) is 1. The van der Waals surface area contributed by atoms with Gasteiger partial charge in [-0.25, -0.2) is 29.4 Å². The third-order valence-corrected chi connectivity index (χ3v) is 7.13. The minimum absolute atomic E-state index is 0.214. The Balaban J connectivity index is 1.35. The number of nitrogens with zero attached hydrogens (tertiary/aromatic N) is 7. The molecule has 0 unspecified atom stereocenters. The number of fused-ring (bicyclic) bond motifs is 2. The Hall–Kier alpha value is -3.51. The molecular formula is C25H29ClN8O3S. The topological polar surface area (TPSA) is 118 Å². The lowest BCUT2D eigenvalue weighted by atomic mass is 10.2. The molecule has 38 heavy (non-hydrogen) atoms. The molecule has 0 spiro atoms. The Labute approximate surface area is 228 Å². The van der Waals surface area contributed by atoms with Crippen molar-refractivity contribution in [2.75, 3.05) is 43.0 Å². The molecule has 1 aromatic carbocycles. The van der Waals surface area contributed by atoms with Gasteiger partial charge in [0.15, 0.2) is 5.82 Å². The number of amides is 1. The van der Waals surface area contributed by atoms with E-state index in [9.17, 15) is 9.59 Å². The van der Waals surface area contributed by atoms with E-state index in [-0.39, 0.29) is 11.7 Å². The fourth-order valence-electron chi connectivity index (χ4n) is 4.36. The molecule has 5 rings (SSSR count). The zero-order valence-electron chi connectivity index (χ0n) is 21.5. The van der Waals surface area contributed by atoms with E-state index in [0.29, 0.717) is 73.1 Å². The van der Waals surface area contributed by atoms with Gasteiger partial charge in [0.1, 0.15) is 28.1 Å². The Morgan fingerprint density at radius 1 is 1.16 bits per heavy atom. The molecule has 0 radical (unpaired) electrons. The van der Waals surface area contributed by atoms with Crippen LogP contribution in [0.4, 0.5) is 10.6 Å². The number of hydrogen-bond acceptors (Lipinski definition) is 10. The van der Waals surface area contributed by atoms with Crippen LogP contribution in [0.2, 0.25) is 5.02 Å². The molecule has 1 amide bonds. The minimum atomic E-state index is -0.567. The van der Waals surface area contributed by atoms with Crippen LogP contribution in [0.5, 0.6) is 0 Å². The normalized spacial score (nSPS) is 14.3. The summed E-state index contributed by atoms with van der Waals surface area (Å²) in [6, 6.07) is 5.29. The summed E-state index contributed by atoms with van der Waals surface area (Å²) in [6.45, 7) is 7.93. The van der Waals surface area contributed by atoms with Crippen molar-refractivity contribution in [3.05, 3.63) is 51.2 Å². The summed E-state index contributed by atoms with van der Waals surface area (Å²) in [6.07, 6.45) is 2.41. The highest BCUT2D eigenvalue weighted by atomic mass is 35.5. The Morgan fingerprint density at radius 2 is 1.95 bits per heavy atom. The van der Waals surface area contributed by atoms with Gasteiger partial charge in [0.05, 0.1) is 34.5 Å². The number of carbonyl (C=O) groups excluding carboxylic acids is 1. The van der Waals surface area contributed by atoms with Crippen LogP contribution in [-0.2, 0) is 11.2 Å². The monoisotopic (exact) mass is 556 g/mol. The van der Waals surface area contributed by atoms with Crippen molar-refractivity contribution < 1.29 is 9.53 Å². The second-order valence-electron chi connectivity index (χ2n) is 9.96. The van der Waals surface area contributed by atoms with E-state index >= 15 is 0 Å². The van der Waals surface area contributed by atoms with E-state index in [4.69, 9.17) is 21.3 Å². The smallest absolute Gasteiger partial charge is 0.410 e. The van der Waals surface area contributed by atoms with Gasteiger partial charge in [-0.1, -0.05) is 17.7 Å². The highest BCUT2D eigenvalue weighted by Gasteiger charge is 2.28. The van der Waals surface area contributed by atoms with Gasteiger partial charge in [0.2, 0.25) is 0 Å². The largest absolute Gasteiger partial charge is 0.444 e. The van der Waals surface area contributed by atoms with Gasteiger partial charge in [-0.05, 0) is 39.3 Å². The first-order valence-electron chi connectivity index (χ1n) is 12.4. The average molecular weight is 557 g/mol. The van der Waals surface area contributed by atoms with E-state index in [1.165, 1.54) is 17.7 Å². The standard InChI is InChI=1S/C25H29ClN8O3S/c1-25(2,3)37-24(36)32-10-12-33(13-11-32)34-18(31-17-7-4-6-16(26)19(17)23(34)35)8-5-9-27-21-20-22(29-14-28-21)38-15-30-20/h4,6-7,14-15H,5,8-13H2,1-3H3,(H,27,28,29). The molecule has 1 saturated heterocycles. The number of thiazole rings is 1. The van der Waals surface area contributed by atoms with Crippen molar-refractivity contribution in [1.82, 2.24) is 29.5 Å². The molecule has 4 aromatic rings. The molecule has 1 aliphatic rings. The Bertz CT molecular complexity index is 1520. The number of rotatable bonds is 6. The number of aryl methyl sites for hydroxylation is 1. The van der Waals surface area contributed by atoms with Crippen molar-refractivity contribution in [3.8, 4) is 0 Å². The van der Waals surface area contributed by atoms with Crippen LogP contribution in [0.25, 0.3) is 21.3 Å². The maximum absolute atomic E-state index is 13.7. The molecule has 0 atom stereocenters. The molecule has 1 fully saturated rings. The predicted octanol–water partition coefficient (Wildman–Crippen LogP) is 3.68. The van der Waals surface area contributed by atoms with Crippen molar-refractivity contribution in [1.29, 1.82) is 0 Å². The molecular weight excluding hydrogens is 528 g/mol. The molecule has 0 aliphatic carbocycles. The lowest BCUT2D eigenvalue weighted by Gasteiger charge is -2.37. The lowest BCUT2D eigenvalue weighted by Crippen LogP contribution is -2.56. The van der Waals surface area contributed by atoms with Crippen molar-refractivity contribution in [3.63, 3.8) is 0 Å². The lowest BCUT2D eigenvalue weighted by molar-refractivity contribution is 0.0231. The highest BCUT2D eigenvalue weighted by Crippen LogP contribution is 2.22. The van der Waals surface area contributed by atoms with Crippen LogP contribution in [0.3, 0.4) is 0 Å². The second kappa shape index (κ2) is 10.7. The van der Waals surface area contributed by atoms with Gasteiger partial charge in [-0.15, -0.1) is 11.3 Å². The summed E-state index contributed by atoms with van der Waals surface area (Å²) in [7, 11) is 0. The fourth-order valence-corrected chi connectivity index (χ4v) is 5.24. The summed E-state index contributed by atoms with van der Waals surface area (Å²) < 4.78 is 7.14. The van der Waals surface area contributed by atoms with E-state index in [2.05, 4.69) is 20.3 Å². The summed E-state index contributed by atoms with van der Waals surface area (Å²) >= 11 is 7.88. The van der Waals surface area contributed by atoms with Crippen LogP contribution < -0.4 is 15.9 Å². The van der Waals surface area contributed by atoms with Gasteiger partial charge in [-0.2, -0.15) is 0 Å². The van der Waals surface area contributed by atoms with Crippen LogP contribution in [0.1, 0.15) is 33.0 Å². The first-order valence-corrected chi connectivity index (χ1v) is 13.7. The van der Waals surface area contributed by atoms with Crippen molar-refractivity contribution in [2.45, 2.75) is 39.2 Å². The number of benzene rings is 1. The summed E-state index contributed by atoms with van der Waals surface area (Å²) in [5, 5.41) is 6.01. The quantitative estimate of drug-likeness (QED) is 0.355. The molecule has 1 N–H and O–H groups in total. The van der Waals surface area contributed by atoms with E-state index in [0.717, 1.165) is 10.3 Å². The number of aromatic nitrogens is 5. The third kappa shape index (κ3) is 5.51. The number of hydrogen-bond donors (Lipinski definition) is 1. The average Bonchev–Trinajstić information content (AvgIpc) is 3.36. The molecule has 3 aromatic heterocycles. The van der Waals surface area contributed by atoms with Crippen molar-refractivity contribution in [2.24, 2.45) is 0 Å². The van der Waals surface area contributed by atoms with Gasteiger partial charge in [-0.3, -0.25) is 4.79 Å². The number of nitrogens with one attached hydrogen (secondary N) is 1. The SMILES string of the molecule is CC(C)(C)OC(=O)N1CCN(n2c(CCCNc3ncnc4scnc34)nc3cccc(Cl)c3c2=O)CC1. The van der Waals surface area contributed by atoms with E-state index < -0.39 is 5.60 Å². The first kappa shape index (κ1) is 26.1. The zero-order chi connectivity index (χ0) is 26.9. The minimum Gasteiger partial charge on any atom is -0.444 e. The van der Waals surface area contributed by atoms with Crippen LogP contribution in [0.15, 0.2) is 34.8 Å². The third-order valence-electron chi connectivity index (χ3n) is 6.09. The maximum Gasteiger partial charge on any atom is 0.410 e. The Kier molecular flexibility index (Phi) is 7.35. The number of piperazine rings is 1. The highest BCUT2D eigenvalue weighted by molar-refractivity contribution is 7.16. The van der Waals surface area contributed by atoms with Crippen LogP contribution in [-0.4, -0.2) is 73.9 Å². The molecule has 13 heteroatoms. The number of carbonyl (C=O) groups is 1. The maximum atomic E-state index is 13.7. The van der Waals surface area contributed by atoms with Gasteiger partial charge in [0.25, 0.3) is 5.56 Å². The van der Waals surface area contributed by atoms with Gasteiger partial charge >= 0.3 is 6.09 Å². The molecule has 1 aliphatic heterocycles. The van der Waals surface area contributed by atoms with Crippen molar-refractivity contribution >= 4 is 56.1 Å². The zero-order valence-corrected chi connectivity index (χ0v) is 23.1. The fraction of sp³-hybridized carbons (Fsp3) is 0.440. The van der Waals surface area contributed by atoms with Crippen LogP contribution >= 0.6 is 22.9 Å². The van der Waals surface area contributed by atoms with E-state index in [1.807, 2.05) is 25.8 Å². The van der Waals surface area contributed by atoms with Crippen LogP contribution in [0, 0.1) is 0 Å². The second-order valence-corrected chi connectivity index (χ2v) is 11.2. The van der Waals surface area contributed by atoms with E-state index in [1.54, 1.807) is 33.3 Å². The van der Waals surface area contributed by atoms with Gasteiger partial charge < -0.3 is 20.0 Å². The molecule has 200 valence electrons. The predicted molar refractivity (Wildman–Crippen MR) is 149 cm³/mol. The van der Waals surface area contributed by atoms with Gasteiger partial charge in [0, 0.05) is 26.1 Å². The Morgan fingerprint density at radius 3 is 2.71 bits per heavy atom. The molecule has 0 saturated carbocycles. The number of anilines is 1. The summed E-state index contributed by atoms with van der Waals surface area (Å²) in [4.78, 5) is 46.4. The first-order chi connectivity index (χ1) is 18.2. The number of halogens is 1.